The summed E-state index contributed by atoms with van der Waals surface area (Å²) in [6.45, 7) is 0. The van der Waals surface area contributed by atoms with E-state index >= 15 is 0 Å². The second-order valence-electron chi connectivity index (χ2n) is 5.99. The average molecular weight is 337 g/mol. The van der Waals surface area contributed by atoms with Crippen LogP contribution in [0.1, 0.15) is 23.6 Å². The van der Waals surface area contributed by atoms with E-state index in [1.165, 1.54) is 17.0 Å². The van der Waals surface area contributed by atoms with Crippen LogP contribution in [0, 0.1) is 23.1 Å². The van der Waals surface area contributed by atoms with Gasteiger partial charge in [-0.05, 0) is 42.0 Å². The fourth-order valence-electron chi connectivity index (χ4n) is 3.08. The molecule has 2 aromatic rings. The summed E-state index contributed by atoms with van der Waals surface area (Å²) >= 11 is 0. The minimum atomic E-state index is -0.571. The van der Waals surface area contributed by atoms with Crippen molar-refractivity contribution < 1.29 is 14.0 Å². The molecule has 126 valence electrons. The largest absolute Gasteiger partial charge is 0.338 e. The number of carbonyl (C=O) groups is 2. The van der Waals surface area contributed by atoms with E-state index in [1.54, 1.807) is 43.4 Å². The number of rotatable bonds is 3. The van der Waals surface area contributed by atoms with E-state index < -0.39 is 12.0 Å². The number of hydrogen-bond donors (Lipinski definition) is 1. The zero-order chi connectivity index (χ0) is 18.0. The molecule has 1 saturated heterocycles. The number of halogens is 1. The zero-order valence-corrected chi connectivity index (χ0v) is 13.6. The van der Waals surface area contributed by atoms with Crippen molar-refractivity contribution in [3.8, 4) is 6.07 Å². The Hall–Kier alpha value is -3.20. The number of anilines is 1. The lowest BCUT2D eigenvalue weighted by atomic mass is 9.93. The van der Waals surface area contributed by atoms with Crippen LogP contribution in [-0.2, 0) is 9.59 Å². The first-order valence-electron chi connectivity index (χ1n) is 7.82. The van der Waals surface area contributed by atoms with Gasteiger partial charge in [0.2, 0.25) is 11.8 Å². The maximum Gasteiger partial charge on any atom is 0.230 e. The molecule has 1 heterocycles. The number of nitriles is 1. The Morgan fingerprint density at radius 3 is 2.44 bits per heavy atom. The minimum absolute atomic E-state index is 0.0979. The van der Waals surface area contributed by atoms with Gasteiger partial charge in [-0.3, -0.25) is 9.59 Å². The van der Waals surface area contributed by atoms with Gasteiger partial charge in [0.05, 0.1) is 23.6 Å². The van der Waals surface area contributed by atoms with Crippen LogP contribution < -0.4 is 5.32 Å². The van der Waals surface area contributed by atoms with E-state index in [1.807, 2.05) is 6.07 Å². The SMILES string of the molecule is CN1C(=O)C[C@H](C(=O)Nc2ccc(C#N)cc2)[C@H]1c1ccc(F)cc1. The van der Waals surface area contributed by atoms with Crippen molar-refractivity contribution in [1.82, 2.24) is 4.90 Å². The van der Waals surface area contributed by atoms with Gasteiger partial charge in [-0.25, -0.2) is 4.39 Å². The molecule has 2 amide bonds. The Balaban J connectivity index is 1.82. The molecule has 0 bridgehead atoms. The first kappa shape index (κ1) is 16.7. The fraction of sp³-hybridized carbons (Fsp3) is 0.211. The molecule has 1 aliphatic rings. The van der Waals surface area contributed by atoms with Gasteiger partial charge in [-0.2, -0.15) is 5.26 Å². The van der Waals surface area contributed by atoms with E-state index in [0.29, 0.717) is 11.3 Å². The third-order valence-electron chi connectivity index (χ3n) is 4.42. The minimum Gasteiger partial charge on any atom is -0.338 e. The highest BCUT2D eigenvalue weighted by Gasteiger charge is 2.42. The molecular formula is C19H16FN3O2. The molecule has 6 heteroatoms. The fourth-order valence-corrected chi connectivity index (χ4v) is 3.08. The molecule has 3 rings (SSSR count). The average Bonchev–Trinajstić information content (AvgIpc) is 2.92. The Morgan fingerprint density at radius 2 is 1.84 bits per heavy atom. The number of likely N-dealkylation sites (tertiary alicyclic amines) is 1. The van der Waals surface area contributed by atoms with Gasteiger partial charge in [-0.1, -0.05) is 12.1 Å². The van der Waals surface area contributed by atoms with Crippen LogP contribution in [0.3, 0.4) is 0 Å². The normalized spacial score (nSPS) is 19.6. The van der Waals surface area contributed by atoms with Crippen molar-refractivity contribution in [1.29, 1.82) is 5.26 Å². The molecule has 1 aliphatic heterocycles. The summed E-state index contributed by atoms with van der Waals surface area (Å²) in [4.78, 5) is 26.3. The summed E-state index contributed by atoms with van der Waals surface area (Å²) in [7, 11) is 1.64. The van der Waals surface area contributed by atoms with Crippen LogP contribution >= 0.6 is 0 Å². The molecule has 0 aliphatic carbocycles. The molecule has 0 radical (unpaired) electrons. The summed E-state index contributed by atoms with van der Waals surface area (Å²) in [5.74, 6) is -1.35. The van der Waals surface area contributed by atoms with Crippen LogP contribution in [-0.4, -0.2) is 23.8 Å². The van der Waals surface area contributed by atoms with Gasteiger partial charge in [0.15, 0.2) is 0 Å². The quantitative estimate of drug-likeness (QED) is 0.936. The van der Waals surface area contributed by atoms with Gasteiger partial charge in [0, 0.05) is 19.2 Å². The van der Waals surface area contributed by atoms with E-state index in [4.69, 9.17) is 5.26 Å². The number of amides is 2. The van der Waals surface area contributed by atoms with Crippen molar-refractivity contribution in [2.24, 2.45) is 5.92 Å². The van der Waals surface area contributed by atoms with Crippen molar-refractivity contribution in [3.05, 3.63) is 65.5 Å². The lowest BCUT2D eigenvalue weighted by Gasteiger charge is -2.25. The van der Waals surface area contributed by atoms with Crippen molar-refractivity contribution in [3.63, 3.8) is 0 Å². The molecule has 1 N–H and O–H groups in total. The topological polar surface area (TPSA) is 73.2 Å². The molecule has 5 nitrogen and oxygen atoms in total. The number of benzene rings is 2. The monoisotopic (exact) mass is 337 g/mol. The molecule has 0 saturated carbocycles. The summed E-state index contributed by atoms with van der Waals surface area (Å²) in [6.07, 6.45) is 0.0979. The molecule has 1 fully saturated rings. The summed E-state index contributed by atoms with van der Waals surface area (Å²) in [5.41, 5.74) is 1.77. The highest BCUT2D eigenvalue weighted by Crippen LogP contribution is 2.37. The summed E-state index contributed by atoms with van der Waals surface area (Å²) in [5, 5.41) is 11.6. The van der Waals surface area contributed by atoms with E-state index in [9.17, 15) is 14.0 Å². The first-order chi connectivity index (χ1) is 12.0. The highest BCUT2D eigenvalue weighted by molar-refractivity contribution is 5.97. The lowest BCUT2D eigenvalue weighted by Crippen LogP contribution is -2.30. The van der Waals surface area contributed by atoms with Gasteiger partial charge in [0.1, 0.15) is 5.82 Å². The zero-order valence-electron chi connectivity index (χ0n) is 13.6. The molecular weight excluding hydrogens is 321 g/mol. The highest BCUT2D eigenvalue weighted by atomic mass is 19.1. The van der Waals surface area contributed by atoms with Gasteiger partial charge < -0.3 is 10.2 Å². The van der Waals surface area contributed by atoms with Gasteiger partial charge in [0.25, 0.3) is 0 Å². The van der Waals surface area contributed by atoms with Crippen LogP contribution in [0.4, 0.5) is 10.1 Å². The van der Waals surface area contributed by atoms with Gasteiger partial charge >= 0.3 is 0 Å². The predicted octanol–water partition coefficient (Wildman–Crippen LogP) is 2.86. The van der Waals surface area contributed by atoms with E-state index in [2.05, 4.69) is 5.32 Å². The number of carbonyl (C=O) groups excluding carboxylic acids is 2. The molecule has 25 heavy (non-hydrogen) atoms. The van der Waals surface area contributed by atoms with E-state index in [0.717, 1.165) is 5.56 Å². The van der Waals surface area contributed by atoms with Crippen molar-refractivity contribution in [2.45, 2.75) is 12.5 Å². The van der Waals surface area contributed by atoms with Crippen molar-refractivity contribution >= 4 is 17.5 Å². The Kier molecular flexibility index (Phi) is 4.48. The van der Waals surface area contributed by atoms with Crippen molar-refractivity contribution in [2.75, 3.05) is 12.4 Å². The maximum absolute atomic E-state index is 13.2. The smallest absolute Gasteiger partial charge is 0.230 e. The van der Waals surface area contributed by atoms with E-state index in [-0.39, 0.29) is 24.1 Å². The Bertz CT molecular complexity index is 840. The maximum atomic E-state index is 13.2. The molecule has 2 aromatic carbocycles. The number of nitrogens with zero attached hydrogens (tertiary/aromatic N) is 2. The number of nitrogens with one attached hydrogen (secondary N) is 1. The molecule has 0 aromatic heterocycles. The Labute approximate surface area is 144 Å². The van der Waals surface area contributed by atoms with Gasteiger partial charge in [-0.15, -0.1) is 0 Å². The molecule has 2 atom stereocenters. The Morgan fingerprint density at radius 1 is 1.20 bits per heavy atom. The summed E-state index contributed by atoms with van der Waals surface area (Å²) in [6, 6.07) is 13.9. The third-order valence-corrected chi connectivity index (χ3v) is 4.42. The molecule has 0 spiro atoms. The third kappa shape index (κ3) is 3.36. The van der Waals surface area contributed by atoms with Crippen LogP contribution in [0.15, 0.2) is 48.5 Å². The van der Waals surface area contributed by atoms with Crippen LogP contribution in [0.5, 0.6) is 0 Å². The predicted molar refractivity (Wildman–Crippen MR) is 89.8 cm³/mol. The second kappa shape index (κ2) is 6.73. The van der Waals surface area contributed by atoms with Crippen LogP contribution in [0.25, 0.3) is 0 Å². The standard InChI is InChI=1S/C19H16FN3O2/c1-23-17(24)10-16(18(23)13-4-6-14(20)7-5-13)19(25)22-15-8-2-12(11-21)3-9-15/h2-9,16,18H,10H2,1H3,(H,22,25)/t16-,18+/m0/s1. The lowest BCUT2D eigenvalue weighted by molar-refractivity contribution is -0.127. The number of hydrogen-bond acceptors (Lipinski definition) is 3. The molecule has 0 unspecified atom stereocenters. The second-order valence-corrected chi connectivity index (χ2v) is 5.99. The van der Waals surface area contributed by atoms with Crippen LogP contribution in [0.2, 0.25) is 0 Å². The summed E-state index contributed by atoms with van der Waals surface area (Å²) < 4.78 is 13.2. The first-order valence-corrected chi connectivity index (χ1v) is 7.82.